The summed E-state index contributed by atoms with van der Waals surface area (Å²) in [6, 6.07) is 3.22. The number of aromatic nitrogens is 1. The molecule has 1 fully saturated rings. The van der Waals surface area contributed by atoms with E-state index < -0.39 is 5.97 Å². The minimum Gasteiger partial charge on any atom is -0.478 e. The highest BCUT2D eigenvalue weighted by Gasteiger charge is 2.31. The Bertz CT molecular complexity index is 448. The van der Waals surface area contributed by atoms with Crippen LogP contribution in [-0.4, -0.2) is 33.5 Å². The molecule has 18 heavy (non-hydrogen) atoms. The van der Waals surface area contributed by atoms with Gasteiger partial charge in [-0.3, -0.25) is 0 Å². The second kappa shape index (κ2) is 5.28. The van der Waals surface area contributed by atoms with Gasteiger partial charge in [-0.25, -0.2) is 9.78 Å². The number of carboxylic acids is 1. The van der Waals surface area contributed by atoms with Crippen LogP contribution >= 0.6 is 11.8 Å². The third-order valence-corrected chi connectivity index (χ3v) is 4.10. The fourth-order valence-electron chi connectivity index (χ4n) is 2.04. The van der Waals surface area contributed by atoms with E-state index in [1.54, 1.807) is 18.3 Å². The first-order valence-corrected chi connectivity index (χ1v) is 6.95. The van der Waals surface area contributed by atoms with Crippen molar-refractivity contribution in [1.29, 1.82) is 0 Å². The molecule has 1 N–H and O–H groups in total. The number of rotatable bonds is 4. The normalized spacial score (nSPS) is 22.0. The van der Waals surface area contributed by atoms with E-state index in [4.69, 9.17) is 9.84 Å². The number of nitrogens with zero attached hydrogens (tertiary/aromatic N) is 1. The molecule has 98 valence electrons. The van der Waals surface area contributed by atoms with Crippen molar-refractivity contribution in [2.75, 3.05) is 5.75 Å². The summed E-state index contributed by atoms with van der Waals surface area (Å²) in [5.41, 5.74) is 0.213. The molecule has 0 saturated carbocycles. The molecule has 0 radical (unpaired) electrons. The summed E-state index contributed by atoms with van der Waals surface area (Å²) in [6.07, 6.45) is 3.88. The van der Waals surface area contributed by atoms with Crippen molar-refractivity contribution in [2.24, 2.45) is 0 Å². The van der Waals surface area contributed by atoms with Gasteiger partial charge in [0.05, 0.1) is 17.3 Å². The zero-order valence-corrected chi connectivity index (χ0v) is 11.4. The maximum Gasteiger partial charge on any atom is 0.338 e. The number of carbonyl (C=O) groups is 1. The van der Waals surface area contributed by atoms with Crippen LogP contribution in [0.25, 0.3) is 0 Å². The molecular formula is C13H17NO3S. The smallest absolute Gasteiger partial charge is 0.338 e. The fourth-order valence-corrected chi connectivity index (χ4v) is 3.06. The highest BCUT2D eigenvalue weighted by atomic mass is 32.2. The average molecular weight is 267 g/mol. The quantitative estimate of drug-likeness (QED) is 0.850. The van der Waals surface area contributed by atoms with E-state index in [-0.39, 0.29) is 17.3 Å². The molecule has 1 unspecified atom stereocenters. The number of ether oxygens (including phenoxy) is 1. The first-order valence-electron chi connectivity index (χ1n) is 5.97. The molecule has 0 aliphatic carbocycles. The van der Waals surface area contributed by atoms with Crippen LogP contribution in [0.15, 0.2) is 23.4 Å². The Labute approximate surface area is 111 Å². The van der Waals surface area contributed by atoms with Crippen LogP contribution in [0.3, 0.4) is 0 Å². The zero-order chi connectivity index (χ0) is 13.2. The van der Waals surface area contributed by atoms with Crippen molar-refractivity contribution in [2.45, 2.75) is 43.4 Å². The second-order valence-corrected chi connectivity index (χ2v) is 6.02. The number of hydrogen-bond acceptors (Lipinski definition) is 4. The highest BCUT2D eigenvalue weighted by molar-refractivity contribution is 7.99. The molecule has 1 atom stereocenters. The standard InChI is InChI=1S/C13H17NO3S/c1-13(2)6-5-9(17-13)8-18-11-10(12(15)16)4-3-7-14-11/h3-4,7,9H,5-6,8H2,1-2H3,(H,15,16). The Morgan fingerprint density at radius 2 is 2.44 bits per heavy atom. The van der Waals surface area contributed by atoms with E-state index in [9.17, 15) is 4.79 Å². The van der Waals surface area contributed by atoms with E-state index in [1.807, 2.05) is 0 Å². The van der Waals surface area contributed by atoms with E-state index in [1.165, 1.54) is 11.8 Å². The van der Waals surface area contributed by atoms with Crippen molar-refractivity contribution in [1.82, 2.24) is 4.98 Å². The van der Waals surface area contributed by atoms with Crippen LogP contribution in [0.1, 0.15) is 37.0 Å². The lowest BCUT2D eigenvalue weighted by molar-refractivity contribution is -0.00469. The summed E-state index contributed by atoms with van der Waals surface area (Å²) in [7, 11) is 0. The number of pyridine rings is 1. The minimum atomic E-state index is -0.932. The second-order valence-electron chi connectivity index (χ2n) is 5.01. The van der Waals surface area contributed by atoms with Crippen molar-refractivity contribution in [3.63, 3.8) is 0 Å². The molecule has 1 saturated heterocycles. The molecule has 1 aromatic rings. The SMILES string of the molecule is CC1(C)CCC(CSc2ncccc2C(=O)O)O1. The summed E-state index contributed by atoms with van der Waals surface area (Å²) in [5.74, 6) is -0.181. The lowest BCUT2D eigenvalue weighted by Gasteiger charge is -2.19. The van der Waals surface area contributed by atoms with Crippen LogP contribution in [0, 0.1) is 0 Å². The van der Waals surface area contributed by atoms with E-state index >= 15 is 0 Å². The lowest BCUT2D eigenvalue weighted by atomic mass is 10.1. The Kier molecular flexibility index (Phi) is 3.92. The lowest BCUT2D eigenvalue weighted by Crippen LogP contribution is -2.21. The predicted octanol–water partition coefficient (Wildman–Crippen LogP) is 2.83. The van der Waals surface area contributed by atoms with Crippen LogP contribution in [0.2, 0.25) is 0 Å². The number of aromatic carboxylic acids is 1. The topological polar surface area (TPSA) is 59.4 Å². The first-order chi connectivity index (χ1) is 8.48. The first kappa shape index (κ1) is 13.4. The molecule has 1 aliphatic heterocycles. The average Bonchev–Trinajstić information content (AvgIpc) is 2.66. The van der Waals surface area contributed by atoms with Crippen LogP contribution in [0.5, 0.6) is 0 Å². The van der Waals surface area contributed by atoms with E-state index in [2.05, 4.69) is 18.8 Å². The third-order valence-electron chi connectivity index (χ3n) is 2.96. The largest absolute Gasteiger partial charge is 0.478 e. The molecule has 0 bridgehead atoms. The van der Waals surface area contributed by atoms with Gasteiger partial charge in [-0.2, -0.15) is 0 Å². The van der Waals surface area contributed by atoms with Crippen molar-refractivity contribution >= 4 is 17.7 Å². The van der Waals surface area contributed by atoms with Gasteiger partial charge in [-0.15, -0.1) is 11.8 Å². The van der Waals surface area contributed by atoms with Crippen LogP contribution < -0.4 is 0 Å². The van der Waals surface area contributed by atoms with Crippen LogP contribution in [-0.2, 0) is 4.74 Å². The van der Waals surface area contributed by atoms with Crippen molar-refractivity contribution < 1.29 is 14.6 Å². The van der Waals surface area contributed by atoms with Gasteiger partial charge in [0.2, 0.25) is 0 Å². The summed E-state index contributed by atoms with van der Waals surface area (Å²) in [5, 5.41) is 9.62. The monoisotopic (exact) mass is 267 g/mol. The van der Waals surface area contributed by atoms with Gasteiger partial charge in [-0.1, -0.05) is 0 Å². The number of hydrogen-bond donors (Lipinski definition) is 1. The van der Waals surface area contributed by atoms with Crippen molar-refractivity contribution in [3.8, 4) is 0 Å². The maximum absolute atomic E-state index is 11.0. The van der Waals surface area contributed by atoms with Crippen molar-refractivity contribution in [3.05, 3.63) is 23.9 Å². The molecule has 1 aromatic heterocycles. The van der Waals surface area contributed by atoms with Crippen LogP contribution in [0.4, 0.5) is 0 Å². The third kappa shape index (κ3) is 3.23. The summed E-state index contributed by atoms with van der Waals surface area (Å²) in [4.78, 5) is 15.2. The Morgan fingerprint density at radius 3 is 3.06 bits per heavy atom. The highest BCUT2D eigenvalue weighted by Crippen LogP contribution is 2.32. The summed E-state index contributed by atoms with van der Waals surface area (Å²) >= 11 is 1.46. The van der Waals surface area contributed by atoms with Gasteiger partial charge in [0.15, 0.2) is 0 Å². The molecular weight excluding hydrogens is 250 g/mol. The van der Waals surface area contributed by atoms with Gasteiger partial charge in [0, 0.05) is 11.9 Å². The number of carboxylic acid groups (broad SMARTS) is 1. The molecule has 1 aliphatic rings. The Morgan fingerprint density at radius 1 is 1.67 bits per heavy atom. The fraction of sp³-hybridized carbons (Fsp3) is 0.538. The molecule has 0 amide bonds. The zero-order valence-electron chi connectivity index (χ0n) is 10.5. The predicted molar refractivity (Wildman–Crippen MR) is 70.1 cm³/mol. The van der Waals surface area contributed by atoms with Gasteiger partial charge in [-0.05, 0) is 38.8 Å². The molecule has 0 spiro atoms. The Hall–Kier alpha value is -1.07. The maximum atomic E-state index is 11.0. The molecule has 0 aromatic carbocycles. The van der Waals surface area contributed by atoms with Gasteiger partial charge in [0.1, 0.15) is 5.03 Å². The summed E-state index contributed by atoms with van der Waals surface area (Å²) in [6.45, 7) is 4.17. The van der Waals surface area contributed by atoms with Gasteiger partial charge >= 0.3 is 5.97 Å². The minimum absolute atomic E-state index is 0.0506. The molecule has 5 heteroatoms. The molecule has 4 nitrogen and oxygen atoms in total. The molecule has 2 heterocycles. The van der Waals surface area contributed by atoms with E-state index in [0.717, 1.165) is 18.6 Å². The van der Waals surface area contributed by atoms with E-state index in [0.29, 0.717) is 5.03 Å². The number of thioether (sulfide) groups is 1. The Balaban J connectivity index is 1.97. The van der Waals surface area contributed by atoms with Gasteiger partial charge < -0.3 is 9.84 Å². The molecule has 2 rings (SSSR count). The summed E-state index contributed by atoms with van der Waals surface area (Å²) < 4.78 is 5.87. The van der Waals surface area contributed by atoms with Gasteiger partial charge in [0.25, 0.3) is 0 Å².